The monoisotopic (exact) mass is 213 g/mol. The number of carboxylic acids is 1. The summed E-state index contributed by atoms with van der Waals surface area (Å²) in [6.45, 7) is 6.56. The Bertz CT molecular complexity index is 306. The van der Waals surface area contributed by atoms with Crippen LogP contribution in [0.1, 0.15) is 27.7 Å². The van der Waals surface area contributed by atoms with Crippen LogP contribution in [0.2, 0.25) is 0 Å². The highest BCUT2D eigenvalue weighted by Crippen LogP contribution is 2.06. The molecule has 0 rings (SSSR count). The second kappa shape index (κ2) is 5.25. The molecule has 2 N–H and O–H groups in total. The standard InChI is InChI=1S/C10H15NO4/c1-5-6-7(8(12)13)11-9(14)15-10(2,3)4/h7H,1-4H3,(H,11,14)(H,12,13). The number of amides is 1. The van der Waals surface area contributed by atoms with Crippen molar-refractivity contribution in [2.24, 2.45) is 0 Å². The van der Waals surface area contributed by atoms with E-state index in [2.05, 4.69) is 17.2 Å². The van der Waals surface area contributed by atoms with Gasteiger partial charge in [0.25, 0.3) is 0 Å². The molecule has 5 nitrogen and oxygen atoms in total. The largest absolute Gasteiger partial charge is 0.479 e. The summed E-state index contributed by atoms with van der Waals surface area (Å²) in [5.74, 6) is 3.54. The predicted octanol–water partition coefficient (Wildman–Crippen LogP) is 0.988. The van der Waals surface area contributed by atoms with Crippen LogP contribution in [0.25, 0.3) is 0 Å². The van der Waals surface area contributed by atoms with Crippen LogP contribution >= 0.6 is 0 Å². The normalized spacial score (nSPS) is 12.0. The van der Waals surface area contributed by atoms with E-state index >= 15 is 0 Å². The Labute approximate surface area is 88.8 Å². The molecule has 0 aromatic rings. The molecule has 0 radical (unpaired) electrons. The summed E-state index contributed by atoms with van der Waals surface area (Å²) in [7, 11) is 0. The Balaban J connectivity index is 4.35. The smallest absolute Gasteiger partial charge is 0.409 e. The molecular weight excluding hydrogens is 198 g/mol. The lowest BCUT2D eigenvalue weighted by Gasteiger charge is -2.20. The Morgan fingerprint density at radius 2 is 1.93 bits per heavy atom. The van der Waals surface area contributed by atoms with E-state index in [0.717, 1.165) is 0 Å². The van der Waals surface area contributed by atoms with E-state index in [1.807, 2.05) is 0 Å². The Morgan fingerprint density at radius 1 is 1.40 bits per heavy atom. The van der Waals surface area contributed by atoms with Gasteiger partial charge in [-0.15, -0.1) is 5.92 Å². The molecule has 0 aromatic heterocycles. The molecule has 1 unspecified atom stereocenters. The van der Waals surface area contributed by atoms with Gasteiger partial charge in [0.1, 0.15) is 5.60 Å². The lowest BCUT2D eigenvalue weighted by molar-refractivity contribution is -0.137. The van der Waals surface area contributed by atoms with Gasteiger partial charge in [0, 0.05) is 0 Å². The first-order chi connectivity index (χ1) is 6.76. The van der Waals surface area contributed by atoms with Crippen LogP contribution < -0.4 is 5.32 Å². The average molecular weight is 213 g/mol. The van der Waals surface area contributed by atoms with Gasteiger partial charge >= 0.3 is 12.1 Å². The van der Waals surface area contributed by atoms with Crippen LogP contribution in [0, 0.1) is 11.8 Å². The first-order valence-corrected chi connectivity index (χ1v) is 4.41. The van der Waals surface area contributed by atoms with E-state index in [1.165, 1.54) is 6.92 Å². The Morgan fingerprint density at radius 3 is 2.27 bits per heavy atom. The van der Waals surface area contributed by atoms with Gasteiger partial charge in [0.15, 0.2) is 6.04 Å². The predicted molar refractivity (Wildman–Crippen MR) is 54.2 cm³/mol. The fraction of sp³-hybridized carbons (Fsp3) is 0.600. The minimum absolute atomic E-state index is 0.660. The first kappa shape index (κ1) is 13.3. The van der Waals surface area contributed by atoms with Crippen molar-refractivity contribution >= 4 is 12.1 Å². The molecule has 0 saturated carbocycles. The fourth-order valence-corrected chi connectivity index (χ4v) is 0.729. The quantitative estimate of drug-likeness (QED) is 0.670. The van der Waals surface area contributed by atoms with E-state index < -0.39 is 23.7 Å². The molecule has 0 aliphatic carbocycles. The highest BCUT2D eigenvalue weighted by Gasteiger charge is 2.21. The third kappa shape index (κ3) is 6.38. The van der Waals surface area contributed by atoms with Gasteiger partial charge in [-0.25, -0.2) is 9.59 Å². The van der Waals surface area contributed by atoms with E-state index in [-0.39, 0.29) is 0 Å². The molecule has 0 spiro atoms. The maximum atomic E-state index is 11.2. The van der Waals surface area contributed by atoms with Crippen molar-refractivity contribution < 1.29 is 19.4 Å². The summed E-state index contributed by atoms with van der Waals surface area (Å²) in [4.78, 5) is 21.8. The van der Waals surface area contributed by atoms with Gasteiger partial charge in [-0.3, -0.25) is 5.32 Å². The van der Waals surface area contributed by atoms with E-state index in [4.69, 9.17) is 9.84 Å². The Hall–Kier alpha value is -1.70. The van der Waals surface area contributed by atoms with Crippen molar-refractivity contribution in [3.8, 4) is 11.8 Å². The van der Waals surface area contributed by atoms with E-state index in [9.17, 15) is 9.59 Å². The van der Waals surface area contributed by atoms with Gasteiger partial charge in [-0.2, -0.15) is 0 Å². The maximum Gasteiger partial charge on any atom is 0.409 e. The molecule has 1 amide bonds. The zero-order valence-electron chi connectivity index (χ0n) is 9.25. The number of ether oxygens (including phenoxy) is 1. The topological polar surface area (TPSA) is 75.6 Å². The summed E-state index contributed by atoms with van der Waals surface area (Å²) in [5.41, 5.74) is -0.660. The summed E-state index contributed by atoms with van der Waals surface area (Å²) < 4.78 is 4.88. The molecule has 0 heterocycles. The summed E-state index contributed by atoms with van der Waals surface area (Å²) in [5, 5.41) is 10.8. The number of hydrogen-bond acceptors (Lipinski definition) is 3. The number of carbonyl (C=O) groups excluding carboxylic acids is 1. The van der Waals surface area contributed by atoms with Gasteiger partial charge in [0.2, 0.25) is 0 Å². The molecular formula is C10H15NO4. The first-order valence-electron chi connectivity index (χ1n) is 4.41. The van der Waals surface area contributed by atoms with Gasteiger partial charge in [-0.1, -0.05) is 5.92 Å². The van der Waals surface area contributed by atoms with Crippen LogP contribution in [0.15, 0.2) is 0 Å². The number of aliphatic carboxylic acids is 1. The number of alkyl carbamates (subject to hydrolysis) is 1. The van der Waals surface area contributed by atoms with Crippen LogP contribution in [0.5, 0.6) is 0 Å². The lowest BCUT2D eigenvalue weighted by atomic mass is 10.2. The lowest BCUT2D eigenvalue weighted by Crippen LogP contribution is -2.42. The number of nitrogens with one attached hydrogen (secondary N) is 1. The van der Waals surface area contributed by atoms with Crippen molar-refractivity contribution in [2.45, 2.75) is 39.3 Å². The zero-order valence-corrected chi connectivity index (χ0v) is 9.25. The number of carboxylic acid groups (broad SMARTS) is 1. The van der Waals surface area contributed by atoms with Crippen molar-refractivity contribution in [1.29, 1.82) is 0 Å². The van der Waals surface area contributed by atoms with Crippen molar-refractivity contribution in [2.75, 3.05) is 0 Å². The maximum absolute atomic E-state index is 11.2. The zero-order chi connectivity index (χ0) is 12.1. The highest BCUT2D eigenvalue weighted by molar-refractivity contribution is 5.83. The van der Waals surface area contributed by atoms with Crippen molar-refractivity contribution in [3.05, 3.63) is 0 Å². The number of rotatable bonds is 2. The molecule has 0 bridgehead atoms. The van der Waals surface area contributed by atoms with Crippen molar-refractivity contribution in [3.63, 3.8) is 0 Å². The van der Waals surface area contributed by atoms with Gasteiger partial charge < -0.3 is 9.84 Å². The molecule has 0 aromatic carbocycles. The molecule has 1 atom stereocenters. The second-order valence-electron chi connectivity index (χ2n) is 3.81. The third-order valence-corrected chi connectivity index (χ3v) is 1.20. The fourth-order valence-electron chi connectivity index (χ4n) is 0.729. The number of carbonyl (C=O) groups is 2. The third-order valence-electron chi connectivity index (χ3n) is 1.20. The Kier molecular flexibility index (Phi) is 4.65. The molecule has 0 fully saturated rings. The molecule has 15 heavy (non-hydrogen) atoms. The van der Waals surface area contributed by atoms with Gasteiger partial charge in [-0.05, 0) is 27.7 Å². The van der Waals surface area contributed by atoms with Gasteiger partial charge in [0.05, 0.1) is 0 Å². The molecule has 84 valence electrons. The van der Waals surface area contributed by atoms with E-state index in [1.54, 1.807) is 20.8 Å². The molecule has 0 aliphatic rings. The van der Waals surface area contributed by atoms with Crippen molar-refractivity contribution in [1.82, 2.24) is 5.32 Å². The van der Waals surface area contributed by atoms with Crippen LogP contribution in [-0.2, 0) is 9.53 Å². The van der Waals surface area contributed by atoms with Crippen LogP contribution in [0.4, 0.5) is 4.79 Å². The van der Waals surface area contributed by atoms with Crippen LogP contribution in [-0.4, -0.2) is 28.8 Å². The SMILES string of the molecule is CC#CC(NC(=O)OC(C)(C)C)C(=O)O. The molecule has 0 aliphatic heterocycles. The minimum atomic E-state index is -1.23. The summed E-state index contributed by atoms with van der Waals surface area (Å²) in [6, 6.07) is -1.23. The molecule has 5 heteroatoms. The second-order valence-corrected chi connectivity index (χ2v) is 3.81. The average Bonchev–Trinajstić information content (AvgIpc) is 1.99. The minimum Gasteiger partial charge on any atom is -0.479 e. The van der Waals surface area contributed by atoms with Crippen LogP contribution in [0.3, 0.4) is 0 Å². The number of hydrogen-bond donors (Lipinski definition) is 2. The van der Waals surface area contributed by atoms with E-state index in [0.29, 0.717) is 0 Å². The highest BCUT2D eigenvalue weighted by atomic mass is 16.6. The summed E-state index contributed by atoms with van der Waals surface area (Å²) in [6.07, 6.45) is -0.794. The summed E-state index contributed by atoms with van der Waals surface area (Å²) >= 11 is 0. The molecule has 0 saturated heterocycles.